The van der Waals surface area contributed by atoms with Crippen molar-refractivity contribution in [1.82, 2.24) is 0 Å². The second kappa shape index (κ2) is 24.2. The second-order valence-electron chi connectivity index (χ2n) is 21.5. The summed E-state index contributed by atoms with van der Waals surface area (Å²) in [7, 11) is 0. The Kier molecular flexibility index (Phi) is 19.6. The standard InChI is InChI=1S/C48H84O21/c1-5-6-23(2)26-7-8-27-34-28(19-33(48(26,27)4)63-13-16-66-46-43(60)40(57)37(54)32(22-51)69-46)47(3)10-9-25(61-11-14-64-44-41(58)38(55)35(52)30(20-49)67-44)17-24(47)18-29(34)62-12-15-65-45-42(59)39(56)36(53)31(21-50)68-45/h23-46,49-60H,5-22H2,1-4H3/t23-,24+,25-,26-,27+,28+,29-,30?,31?,32?,33+,34+,35-,36-,37-,38?,39?,40?,41+,42+,43+,44-,45-,46-,47+,48-/m1/s1. The lowest BCUT2D eigenvalue weighted by Crippen LogP contribution is -2.63. The molecule has 6 unspecified atom stereocenters. The fourth-order valence-corrected chi connectivity index (χ4v) is 14.0. The third-order valence-corrected chi connectivity index (χ3v) is 17.8. The molecule has 0 aromatic rings. The van der Waals surface area contributed by atoms with E-state index in [-0.39, 0.29) is 92.5 Å². The van der Waals surface area contributed by atoms with E-state index in [1.807, 2.05) is 0 Å². The van der Waals surface area contributed by atoms with E-state index in [1.165, 1.54) is 0 Å². The molecule has 402 valence electrons. The van der Waals surface area contributed by atoms with Gasteiger partial charge in [0.15, 0.2) is 18.9 Å². The van der Waals surface area contributed by atoms with Crippen LogP contribution in [0.2, 0.25) is 0 Å². The Balaban J connectivity index is 1.07. The number of rotatable bonds is 21. The monoisotopic (exact) mass is 997 g/mol. The second-order valence-corrected chi connectivity index (χ2v) is 21.5. The fraction of sp³-hybridized carbons (Fsp3) is 1.00. The molecule has 0 aromatic carbocycles. The third kappa shape index (κ3) is 11.4. The van der Waals surface area contributed by atoms with Gasteiger partial charge in [-0.05, 0) is 85.9 Å². The van der Waals surface area contributed by atoms with E-state index in [9.17, 15) is 61.3 Å². The Labute approximate surface area is 404 Å². The van der Waals surface area contributed by atoms with Crippen LogP contribution in [0.25, 0.3) is 0 Å². The van der Waals surface area contributed by atoms with Crippen molar-refractivity contribution in [1.29, 1.82) is 0 Å². The molecule has 0 aromatic heterocycles. The van der Waals surface area contributed by atoms with Crippen molar-refractivity contribution in [3.8, 4) is 0 Å². The van der Waals surface area contributed by atoms with E-state index >= 15 is 0 Å². The van der Waals surface area contributed by atoms with E-state index in [0.29, 0.717) is 11.8 Å². The lowest BCUT2D eigenvalue weighted by atomic mass is 9.43. The average Bonchev–Trinajstić information content (AvgIpc) is 3.70. The number of aliphatic hydroxyl groups excluding tert-OH is 12. The van der Waals surface area contributed by atoms with Crippen LogP contribution in [0.3, 0.4) is 0 Å². The van der Waals surface area contributed by atoms with Crippen LogP contribution in [-0.4, -0.2) is 231 Å². The molecule has 4 saturated carbocycles. The smallest absolute Gasteiger partial charge is 0.186 e. The van der Waals surface area contributed by atoms with Crippen LogP contribution in [0.4, 0.5) is 0 Å². The van der Waals surface area contributed by atoms with Crippen molar-refractivity contribution < 1.29 is 104 Å². The lowest BCUT2D eigenvalue weighted by molar-refractivity contribution is -0.305. The number of ether oxygens (including phenoxy) is 9. The molecule has 3 aliphatic heterocycles. The van der Waals surface area contributed by atoms with Crippen molar-refractivity contribution in [2.75, 3.05) is 59.5 Å². The molecule has 7 rings (SSSR count). The van der Waals surface area contributed by atoms with Gasteiger partial charge in [-0.25, -0.2) is 0 Å². The molecule has 7 aliphatic rings. The molecule has 0 radical (unpaired) electrons. The Morgan fingerprint density at radius 1 is 0.522 bits per heavy atom. The Morgan fingerprint density at radius 2 is 0.986 bits per heavy atom. The van der Waals surface area contributed by atoms with Crippen LogP contribution in [0.15, 0.2) is 0 Å². The highest BCUT2D eigenvalue weighted by Crippen LogP contribution is 2.69. The fourth-order valence-electron chi connectivity index (χ4n) is 14.0. The molecule has 12 N–H and O–H groups in total. The summed E-state index contributed by atoms with van der Waals surface area (Å²) < 4.78 is 54.6. The van der Waals surface area contributed by atoms with Crippen LogP contribution < -0.4 is 0 Å². The highest BCUT2D eigenvalue weighted by Gasteiger charge is 2.67. The molecule has 4 aliphatic carbocycles. The van der Waals surface area contributed by atoms with Gasteiger partial charge in [-0.3, -0.25) is 0 Å². The molecule has 0 spiro atoms. The molecule has 0 bridgehead atoms. The summed E-state index contributed by atoms with van der Waals surface area (Å²) in [6.45, 7) is 8.18. The number of hydrogen-bond donors (Lipinski definition) is 12. The first kappa shape index (κ1) is 55.9. The average molecular weight is 997 g/mol. The Hall–Kier alpha value is -0.840. The first-order valence-corrected chi connectivity index (χ1v) is 25.6. The van der Waals surface area contributed by atoms with Crippen LogP contribution >= 0.6 is 0 Å². The zero-order valence-corrected chi connectivity index (χ0v) is 40.6. The minimum absolute atomic E-state index is 0.0109. The van der Waals surface area contributed by atoms with Gasteiger partial charge in [0.05, 0.1) is 77.8 Å². The minimum Gasteiger partial charge on any atom is -0.394 e. The van der Waals surface area contributed by atoms with Crippen molar-refractivity contribution in [3.05, 3.63) is 0 Å². The van der Waals surface area contributed by atoms with Crippen molar-refractivity contribution in [2.45, 2.75) is 196 Å². The van der Waals surface area contributed by atoms with Gasteiger partial charge in [-0.1, -0.05) is 40.5 Å². The SMILES string of the molecule is CCC[C@@H](C)[C@H]1CC[C@H]2[C@@H]3[C@H](OCCO[C@@H]4OC(CO)[C@@H](O)C(O)[C@@H]4O)C[C@@H]4C[C@H](OCCO[C@@H]5OC(CO)[C@@H](O)C(O)[C@@H]5O)CC[C@]4(C)[C@H]3C[C@H](OCCO[C@@H]3OC(CO)[C@@H](O)C(O)[C@@H]3O)[C@]12C. The number of aliphatic hydroxyl groups is 12. The topological polar surface area (TPSA) is 326 Å². The van der Waals surface area contributed by atoms with Gasteiger partial charge in [-0.15, -0.1) is 0 Å². The maximum atomic E-state index is 10.6. The molecule has 3 heterocycles. The van der Waals surface area contributed by atoms with Gasteiger partial charge in [0.25, 0.3) is 0 Å². The summed E-state index contributed by atoms with van der Waals surface area (Å²) in [6, 6.07) is 0. The highest BCUT2D eigenvalue weighted by molar-refractivity contribution is 5.15. The Bertz CT molecular complexity index is 1560. The van der Waals surface area contributed by atoms with Gasteiger partial charge in [0.1, 0.15) is 73.2 Å². The van der Waals surface area contributed by atoms with Crippen LogP contribution in [-0.2, 0) is 42.6 Å². The first-order valence-electron chi connectivity index (χ1n) is 25.6. The van der Waals surface area contributed by atoms with Gasteiger partial charge in [0.2, 0.25) is 0 Å². The summed E-state index contributed by atoms with van der Waals surface area (Å²) in [4.78, 5) is 0. The van der Waals surface area contributed by atoms with E-state index in [2.05, 4.69) is 27.7 Å². The van der Waals surface area contributed by atoms with Crippen LogP contribution in [0, 0.1) is 46.3 Å². The van der Waals surface area contributed by atoms with Gasteiger partial charge >= 0.3 is 0 Å². The maximum absolute atomic E-state index is 10.6. The quantitative estimate of drug-likeness (QED) is 0.0549. The van der Waals surface area contributed by atoms with Gasteiger partial charge < -0.3 is 104 Å². The van der Waals surface area contributed by atoms with Gasteiger partial charge in [-0.2, -0.15) is 0 Å². The van der Waals surface area contributed by atoms with E-state index in [4.69, 9.17) is 42.6 Å². The summed E-state index contributed by atoms with van der Waals surface area (Å²) in [5.74, 6) is 1.48. The van der Waals surface area contributed by atoms with Crippen LogP contribution in [0.1, 0.15) is 85.5 Å². The van der Waals surface area contributed by atoms with Crippen molar-refractivity contribution in [3.63, 3.8) is 0 Å². The predicted molar refractivity (Wildman–Crippen MR) is 238 cm³/mol. The van der Waals surface area contributed by atoms with Crippen LogP contribution in [0.5, 0.6) is 0 Å². The minimum atomic E-state index is -1.57. The highest BCUT2D eigenvalue weighted by atomic mass is 16.7. The van der Waals surface area contributed by atoms with Gasteiger partial charge in [0, 0.05) is 5.41 Å². The predicted octanol–water partition coefficient (Wildman–Crippen LogP) is -2.09. The van der Waals surface area contributed by atoms with E-state index < -0.39 is 112 Å². The lowest BCUT2D eigenvalue weighted by Gasteiger charge is -2.64. The number of hydrogen-bond acceptors (Lipinski definition) is 21. The first-order chi connectivity index (χ1) is 32.9. The molecule has 21 heteroatoms. The van der Waals surface area contributed by atoms with E-state index in [0.717, 1.165) is 57.8 Å². The van der Waals surface area contributed by atoms with Crippen molar-refractivity contribution >= 4 is 0 Å². The molecule has 7 fully saturated rings. The maximum Gasteiger partial charge on any atom is 0.186 e. The molecule has 26 atom stereocenters. The zero-order chi connectivity index (χ0) is 49.9. The summed E-state index contributed by atoms with van der Waals surface area (Å²) in [6.07, 6.45) is -13.3. The molecular weight excluding hydrogens is 913 g/mol. The molecule has 3 saturated heterocycles. The Morgan fingerprint density at radius 3 is 1.46 bits per heavy atom. The third-order valence-electron chi connectivity index (χ3n) is 17.8. The molecule has 0 amide bonds. The number of fused-ring (bicyclic) bond motifs is 5. The zero-order valence-electron chi connectivity index (χ0n) is 40.6. The summed E-state index contributed by atoms with van der Waals surface area (Å²) >= 11 is 0. The molecule has 21 nitrogen and oxygen atoms in total. The largest absolute Gasteiger partial charge is 0.394 e. The normalized spacial score (nSPS) is 49.5. The van der Waals surface area contributed by atoms with E-state index in [1.54, 1.807) is 0 Å². The summed E-state index contributed by atoms with van der Waals surface area (Å²) in [5, 5.41) is 122. The molecular formula is C48H84O21. The summed E-state index contributed by atoms with van der Waals surface area (Å²) in [5.41, 5.74) is -0.384. The van der Waals surface area contributed by atoms with Crippen molar-refractivity contribution in [2.24, 2.45) is 46.3 Å². The molecule has 69 heavy (non-hydrogen) atoms.